The summed E-state index contributed by atoms with van der Waals surface area (Å²) >= 11 is 11.5. The summed E-state index contributed by atoms with van der Waals surface area (Å²) in [6.45, 7) is 1.15. The number of thiocarbonyl (C=S) groups is 1. The highest BCUT2D eigenvalue weighted by Crippen LogP contribution is 2.20. The highest BCUT2D eigenvalue weighted by atomic mass is 35.5. The quantitative estimate of drug-likeness (QED) is 0.590. The van der Waals surface area contributed by atoms with Crippen LogP contribution in [0.15, 0.2) is 78.9 Å². The highest BCUT2D eigenvalue weighted by Gasteiger charge is 2.08. The van der Waals surface area contributed by atoms with Crippen molar-refractivity contribution in [2.45, 2.75) is 13.2 Å². The van der Waals surface area contributed by atoms with E-state index in [9.17, 15) is 0 Å². The molecule has 4 heteroatoms. The Kier molecular flexibility index (Phi) is 6.04. The molecule has 0 fully saturated rings. The molecule has 0 aliphatic rings. The summed E-state index contributed by atoms with van der Waals surface area (Å²) in [5.74, 6) is 0.778. The van der Waals surface area contributed by atoms with Crippen LogP contribution < -0.4 is 10.1 Å². The third-order valence-corrected chi connectivity index (χ3v) is 4.35. The molecular weight excluding hydrogens is 350 g/mol. The van der Waals surface area contributed by atoms with Crippen molar-refractivity contribution >= 4 is 28.8 Å². The van der Waals surface area contributed by atoms with Gasteiger partial charge in [-0.1, -0.05) is 78.4 Å². The van der Waals surface area contributed by atoms with Gasteiger partial charge < -0.3 is 10.1 Å². The minimum Gasteiger partial charge on any atom is -0.488 e. The molecule has 0 saturated heterocycles. The first-order chi connectivity index (χ1) is 12.2. The predicted octanol–water partition coefficient (Wildman–Crippen LogP) is 5.38. The highest BCUT2D eigenvalue weighted by molar-refractivity contribution is 7.80. The van der Waals surface area contributed by atoms with Crippen molar-refractivity contribution < 1.29 is 4.74 Å². The Morgan fingerprint density at radius 2 is 1.52 bits per heavy atom. The second-order valence-electron chi connectivity index (χ2n) is 5.58. The molecule has 0 radical (unpaired) electrons. The Morgan fingerprint density at radius 3 is 2.28 bits per heavy atom. The third-order valence-electron chi connectivity index (χ3n) is 3.74. The Bertz CT molecular complexity index is 834. The van der Waals surface area contributed by atoms with Crippen LogP contribution in [-0.4, -0.2) is 4.99 Å². The zero-order valence-electron chi connectivity index (χ0n) is 13.6. The van der Waals surface area contributed by atoms with Crippen LogP contribution in [0.4, 0.5) is 0 Å². The van der Waals surface area contributed by atoms with E-state index in [2.05, 4.69) is 5.32 Å². The number of rotatable bonds is 6. The van der Waals surface area contributed by atoms with Gasteiger partial charge in [-0.3, -0.25) is 0 Å². The molecule has 2 nitrogen and oxygen atoms in total. The number of hydrogen-bond acceptors (Lipinski definition) is 2. The molecular formula is C21H18ClNOS. The number of hydrogen-bond donors (Lipinski definition) is 1. The van der Waals surface area contributed by atoms with Gasteiger partial charge in [0.1, 0.15) is 17.3 Å². The molecule has 0 saturated carbocycles. The number of para-hydroxylation sites is 1. The van der Waals surface area contributed by atoms with E-state index < -0.39 is 0 Å². The summed E-state index contributed by atoms with van der Waals surface area (Å²) in [4.78, 5) is 0.665. The second-order valence-corrected chi connectivity index (χ2v) is 6.42. The lowest BCUT2D eigenvalue weighted by Gasteiger charge is -2.14. The van der Waals surface area contributed by atoms with Crippen LogP contribution in [0.5, 0.6) is 5.75 Å². The molecule has 0 heterocycles. The van der Waals surface area contributed by atoms with Crippen molar-refractivity contribution in [3.8, 4) is 5.75 Å². The van der Waals surface area contributed by atoms with E-state index in [-0.39, 0.29) is 0 Å². The van der Waals surface area contributed by atoms with Gasteiger partial charge in [-0.2, -0.15) is 0 Å². The third kappa shape index (κ3) is 5.05. The number of benzene rings is 3. The fraction of sp³-hybridized carbons (Fsp3) is 0.0952. The van der Waals surface area contributed by atoms with Crippen LogP contribution in [0, 0.1) is 0 Å². The van der Waals surface area contributed by atoms with Crippen LogP contribution in [0.25, 0.3) is 0 Å². The van der Waals surface area contributed by atoms with E-state index in [1.54, 1.807) is 0 Å². The number of halogens is 1. The Morgan fingerprint density at radius 1 is 0.840 bits per heavy atom. The predicted molar refractivity (Wildman–Crippen MR) is 107 cm³/mol. The smallest absolute Gasteiger partial charge is 0.129 e. The monoisotopic (exact) mass is 367 g/mol. The number of ether oxygens (including phenoxy) is 1. The molecule has 126 valence electrons. The Balaban J connectivity index is 1.64. The van der Waals surface area contributed by atoms with Gasteiger partial charge in [0.25, 0.3) is 0 Å². The van der Waals surface area contributed by atoms with E-state index in [1.807, 2.05) is 78.9 Å². The SMILES string of the molecule is S=C(NCc1ccc(Cl)cc1)c1ccccc1OCc1ccccc1. The largest absolute Gasteiger partial charge is 0.488 e. The van der Waals surface area contributed by atoms with Gasteiger partial charge in [0.2, 0.25) is 0 Å². The van der Waals surface area contributed by atoms with Crippen molar-refractivity contribution in [3.63, 3.8) is 0 Å². The van der Waals surface area contributed by atoms with Crippen LogP contribution in [-0.2, 0) is 13.2 Å². The van der Waals surface area contributed by atoms with E-state index in [0.29, 0.717) is 18.1 Å². The maximum atomic E-state index is 5.97. The summed E-state index contributed by atoms with van der Waals surface area (Å²) in [5.41, 5.74) is 3.13. The minimum atomic E-state index is 0.512. The molecule has 0 spiro atoms. The maximum Gasteiger partial charge on any atom is 0.129 e. The second kappa shape index (κ2) is 8.65. The first-order valence-corrected chi connectivity index (χ1v) is 8.79. The van der Waals surface area contributed by atoms with Gasteiger partial charge in [0, 0.05) is 11.6 Å². The van der Waals surface area contributed by atoms with E-state index in [1.165, 1.54) is 0 Å². The zero-order valence-corrected chi connectivity index (χ0v) is 15.2. The van der Waals surface area contributed by atoms with Crippen molar-refractivity contribution in [2.75, 3.05) is 0 Å². The Hall–Kier alpha value is -2.36. The molecule has 25 heavy (non-hydrogen) atoms. The molecule has 0 amide bonds. The molecule has 0 aliphatic carbocycles. The van der Waals surface area contributed by atoms with Crippen molar-refractivity contribution in [3.05, 3.63) is 101 Å². The summed E-state index contributed by atoms with van der Waals surface area (Å²) in [5, 5.41) is 4.01. The fourth-order valence-electron chi connectivity index (χ4n) is 2.40. The van der Waals surface area contributed by atoms with Crippen molar-refractivity contribution in [1.82, 2.24) is 5.32 Å². The molecule has 0 aliphatic heterocycles. The van der Waals surface area contributed by atoms with Gasteiger partial charge >= 0.3 is 0 Å². The van der Waals surface area contributed by atoms with Crippen LogP contribution in [0.1, 0.15) is 16.7 Å². The molecule has 3 aromatic carbocycles. The lowest BCUT2D eigenvalue weighted by atomic mass is 10.1. The summed E-state index contributed by atoms with van der Waals surface area (Å²) in [6, 6.07) is 25.6. The summed E-state index contributed by atoms with van der Waals surface area (Å²) in [7, 11) is 0. The minimum absolute atomic E-state index is 0.512. The van der Waals surface area contributed by atoms with E-state index >= 15 is 0 Å². The molecule has 0 atom stereocenters. The van der Waals surface area contributed by atoms with Crippen molar-refractivity contribution in [1.29, 1.82) is 0 Å². The lowest BCUT2D eigenvalue weighted by Crippen LogP contribution is -2.22. The molecule has 1 N–H and O–H groups in total. The fourth-order valence-corrected chi connectivity index (χ4v) is 2.76. The summed E-state index contributed by atoms with van der Waals surface area (Å²) < 4.78 is 5.97. The molecule has 3 aromatic rings. The van der Waals surface area contributed by atoms with Gasteiger partial charge in [0.05, 0.1) is 5.56 Å². The van der Waals surface area contributed by atoms with Gasteiger partial charge in [-0.05, 0) is 35.4 Å². The lowest BCUT2D eigenvalue weighted by molar-refractivity contribution is 0.305. The molecule has 0 bridgehead atoms. The van der Waals surface area contributed by atoms with Crippen LogP contribution in [0.3, 0.4) is 0 Å². The first kappa shape index (κ1) is 17.5. The molecule has 0 aromatic heterocycles. The number of nitrogens with one attached hydrogen (secondary N) is 1. The normalized spacial score (nSPS) is 10.3. The van der Waals surface area contributed by atoms with E-state index in [4.69, 9.17) is 28.6 Å². The average Bonchev–Trinajstić information content (AvgIpc) is 2.67. The summed E-state index contributed by atoms with van der Waals surface area (Å²) in [6.07, 6.45) is 0. The van der Waals surface area contributed by atoms with Crippen LogP contribution >= 0.6 is 23.8 Å². The van der Waals surface area contributed by atoms with Crippen LogP contribution in [0.2, 0.25) is 5.02 Å². The van der Waals surface area contributed by atoms with Crippen molar-refractivity contribution in [2.24, 2.45) is 0 Å². The zero-order chi connectivity index (χ0) is 17.5. The Labute approximate surface area is 158 Å². The topological polar surface area (TPSA) is 21.3 Å². The molecule has 0 unspecified atom stereocenters. The van der Waals surface area contributed by atoms with Gasteiger partial charge in [0.15, 0.2) is 0 Å². The maximum absolute atomic E-state index is 5.97. The first-order valence-electron chi connectivity index (χ1n) is 8.01. The molecule has 3 rings (SSSR count). The average molecular weight is 368 g/mol. The van der Waals surface area contributed by atoms with Gasteiger partial charge in [-0.15, -0.1) is 0 Å². The van der Waals surface area contributed by atoms with Gasteiger partial charge in [-0.25, -0.2) is 0 Å². The standard InChI is InChI=1S/C21H18ClNOS/c22-18-12-10-16(11-13-18)14-23-21(25)19-8-4-5-9-20(19)24-15-17-6-2-1-3-7-17/h1-13H,14-15H2,(H,23,25). The van der Waals surface area contributed by atoms with E-state index in [0.717, 1.165) is 27.5 Å².